The highest BCUT2D eigenvalue weighted by molar-refractivity contribution is 9.11. The summed E-state index contributed by atoms with van der Waals surface area (Å²) in [5.74, 6) is -1.15. The summed E-state index contributed by atoms with van der Waals surface area (Å²) in [5.41, 5.74) is 0.613. The molecule has 0 unspecified atom stereocenters. The zero-order valence-electron chi connectivity index (χ0n) is 12.7. The lowest BCUT2D eigenvalue weighted by Crippen LogP contribution is -2.35. The van der Waals surface area contributed by atoms with Crippen molar-refractivity contribution in [2.24, 2.45) is 0 Å². The predicted octanol–water partition coefficient (Wildman–Crippen LogP) is 3.91. The number of carbonyl (C=O) groups is 3. The van der Waals surface area contributed by atoms with Gasteiger partial charge in [-0.15, -0.1) is 0 Å². The highest BCUT2D eigenvalue weighted by atomic mass is 79.9. The van der Waals surface area contributed by atoms with E-state index in [1.807, 2.05) is 0 Å². The molecule has 1 N–H and O–H groups in total. The summed E-state index contributed by atoms with van der Waals surface area (Å²) in [6.07, 6.45) is 1.20. The Morgan fingerprint density at radius 3 is 2.46 bits per heavy atom. The third-order valence-electron chi connectivity index (χ3n) is 2.86. The van der Waals surface area contributed by atoms with Crippen molar-refractivity contribution in [3.8, 4) is 5.75 Å². The first kappa shape index (κ1) is 19.0. The lowest BCUT2D eigenvalue weighted by Gasteiger charge is -2.13. The second kappa shape index (κ2) is 7.71. The topological polar surface area (TPSA) is 83.9 Å². The van der Waals surface area contributed by atoms with Crippen LogP contribution in [0.4, 0.5) is 4.79 Å². The van der Waals surface area contributed by atoms with Crippen molar-refractivity contribution in [1.29, 1.82) is 0 Å². The van der Waals surface area contributed by atoms with Gasteiger partial charge >= 0.3 is 5.97 Å². The summed E-state index contributed by atoms with van der Waals surface area (Å²) in [7, 11) is 0. The van der Waals surface area contributed by atoms with E-state index in [9.17, 15) is 19.5 Å². The third-order valence-corrected chi connectivity index (χ3v) is 4.98. The Bertz CT molecular complexity index is 724. The van der Waals surface area contributed by atoms with Crippen LogP contribution in [0.25, 0.3) is 6.08 Å². The summed E-state index contributed by atoms with van der Waals surface area (Å²) in [6.45, 7) is 2.96. The number of esters is 1. The number of nitrogens with zero attached hydrogens (tertiary/aromatic N) is 1. The van der Waals surface area contributed by atoms with E-state index in [0.29, 0.717) is 14.5 Å². The molecule has 0 radical (unpaired) electrons. The molecule has 1 saturated heterocycles. The summed E-state index contributed by atoms with van der Waals surface area (Å²) in [6, 6.07) is 3.22. The first-order valence-corrected chi connectivity index (χ1v) is 9.22. The second-order valence-electron chi connectivity index (χ2n) is 5.14. The van der Waals surface area contributed by atoms with Crippen molar-refractivity contribution in [1.82, 2.24) is 4.90 Å². The molecule has 24 heavy (non-hydrogen) atoms. The van der Waals surface area contributed by atoms with Crippen LogP contribution >= 0.6 is 43.6 Å². The van der Waals surface area contributed by atoms with Crippen molar-refractivity contribution < 1.29 is 24.2 Å². The minimum absolute atomic E-state index is 0.0386. The van der Waals surface area contributed by atoms with Crippen LogP contribution in [0.5, 0.6) is 5.75 Å². The summed E-state index contributed by atoms with van der Waals surface area (Å²) >= 11 is 7.15. The molecule has 2 amide bonds. The number of hydrogen-bond donors (Lipinski definition) is 1. The number of hydrogen-bond acceptors (Lipinski definition) is 6. The Kier molecular flexibility index (Phi) is 6.11. The van der Waals surface area contributed by atoms with Gasteiger partial charge in [-0.1, -0.05) is 0 Å². The molecule has 2 rings (SSSR count). The van der Waals surface area contributed by atoms with Crippen molar-refractivity contribution in [3.05, 3.63) is 31.5 Å². The number of phenolic OH excluding ortho intramolecular Hbond substituents is 1. The molecule has 1 aliphatic heterocycles. The van der Waals surface area contributed by atoms with E-state index in [1.165, 1.54) is 6.08 Å². The fourth-order valence-electron chi connectivity index (χ4n) is 1.89. The smallest absolute Gasteiger partial charge is 0.326 e. The minimum Gasteiger partial charge on any atom is -0.506 e. The molecule has 0 spiro atoms. The van der Waals surface area contributed by atoms with Crippen molar-refractivity contribution in [2.45, 2.75) is 20.0 Å². The van der Waals surface area contributed by atoms with Crippen LogP contribution in [-0.4, -0.2) is 39.8 Å². The van der Waals surface area contributed by atoms with Gasteiger partial charge in [0.25, 0.3) is 11.1 Å². The number of halogens is 2. The van der Waals surface area contributed by atoms with Crippen molar-refractivity contribution in [3.63, 3.8) is 0 Å². The van der Waals surface area contributed by atoms with Crippen LogP contribution in [0.15, 0.2) is 26.0 Å². The van der Waals surface area contributed by atoms with E-state index in [1.54, 1.807) is 26.0 Å². The maximum atomic E-state index is 12.3. The van der Waals surface area contributed by atoms with Gasteiger partial charge in [-0.3, -0.25) is 19.3 Å². The molecular weight excluding hydrogens is 466 g/mol. The average Bonchev–Trinajstić information content (AvgIpc) is 2.71. The molecule has 0 atom stereocenters. The van der Waals surface area contributed by atoms with E-state index in [2.05, 4.69) is 31.9 Å². The fourth-order valence-corrected chi connectivity index (χ4v) is 3.95. The number of benzene rings is 1. The largest absolute Gasteiger partial charge is 0.506 e. The molecule has 1 fully saturated rings. The van der Waals surface area contributed by atoms with Crippen LogP contribution in [0, 0.1) is 0 Å². The number of carbonyl (C=O) groups excluding carboxylic acids is 3. The molecule has 128 valence electrons. The zero-order valence-corrected chi connectivity index (χ0v) is 16.7. The molecule has 0 bridgehead atoms. The number of amides is 2. The van der Waals surface area contributed by atoms with Gasteiger partial charge in [0.1, 0.15) is 12.3 Å². The Labute approximate surface area is 159 Å². The average molecular weight is 479 g/mol. The normalized spacial score (nSPS) is 16.4. The number of rotatable bonds is 4. The first-order valence-electron chi connectivity index (χ1n) is 6.82. The van der Waals surface area contributed by atoms with Crippen molar-refractivity contribution in [2.75, 3.05) is 6.54 Å². The molecule has 9 heteroatoms. The monoisotopic (exact) mass is 477 g/mol. The van der Waals surface area contributed by atoms with E-state index >= 15 is 0 Å². The molecule has 1 aromatic rings. The maximum Gasteiger partial charge on any atom is 0.326 e. The highest BCUT2D eigenvalue weighted by Crippen LogP contribution is 2.36. The number of thioether (sulfide) groups is 1. The van der Waals surface area contributed by atoms with Gasteiger partial charge in [0.15, 0.2) is 0 Å². The number of ether oxygens (including phenoxy) is 1. The lowest BCUT2D eigenvalue weighted by molar-refractivity contribution is -0.149. The second-order valence-corrected chi connectivity index (χ2v) is 7.84. The van der Waals surface area contributed by atoms with Gasteiger partial charge in [-0.05, 0) is 81.2 Å². The molecule has 0 aromatic heterocycles. The van der Waals surface area contributed by atoms with Gasteiger partial charge in [0.2, 0.25) is 0 Å². The Morgan fingerprint density at radius 2 is 1.92 bits per heavy atom. The predicted molar refractivity (Wildman–Crippen MR) is 97.4 cm³/mol. The van der Waals surface area contributed by atoms with Crippen LogP contribution < -0.4 is 0 Å². The van der Waals surface area contributed by atoms with Gasteiger partial charge in [-0.25, -0.2) is 0 Å². The van der Waals surface area contributed by atoms with Gasteiger partial charge in [0.05, 0.1) is 20.0 Å². The van der Waals surface area contributed by atoms with Gasteiger partial charge < -0.3 is 9.84 Å². The summed E-state index contributed by atoms with van der Waals surface area (Å²) < 4.78 is 5.85. The molecular formula is C15H13Br2NO5S. The summed E-state index contributed by atoms with van der Waals surface area (Å²) in [5, 5.41) is 9.17. The Hall–Kier alpha value is -1.32. The van der Waals surface area contributed by atoms with E-state index in [0.717, 1.165) is 16.7 Å². The van der Waals surface area contributed by atoms with E-state index in [-0.39, 0.29) is 16.8 Å². The van der Waals surface area contributed by atoms with Crippen molar-refractivity contribution >= 4 is 66.8 Å². The van der Waals surface area contributed by atoms with Gasteiger partial charge in [0, 0.05) is 0 Å². The molecule has 1 aromatic carbocycles. The fraction of sp³-hybridized carbons (Fsp3) is 0.267. The number of aromatic hydroxyl groups is 1. The van der Waals surface area contributed by atoms with E-state index in [4.69, 9.17) is 4.74 Å². The maximum absolute atomic E-state index is 12.3. The lowest BCUT2D eigenvalue weighted by atomic mass is 10.2. The first-order chi connectivity index (χ1) is 11.2. The summed E-state index contributed by atoms with van der Waals surface area (Å²) in [4.78, 5) is 37.0. The zero-order chi connectivity index (χ0) is 18.0. The van der Waals surface area contributed by atoms with Crippen LogP contribution in [-0.2, 0) is 14.3 Å². The molecule has 1 heterocycles. The number of phenols is 1. The molecule has 0 aliphatic carbocycles. The SMILES string of the molecule is CC(C)OC(=O)CN1C(=O)S/C(=C/c2cc(Br)c(O)c(Br)c2)C1=O. The Balaban J connectivity index is 2.20. The minimum atomic E-state index is -0.635. The van der Waals surface area contributed by atoms with Crippen LogP contribution in [0.3, 0.4) is 0 Å². The molecule has 1 aliphatic rings. The van der Waals surface area contributed by atoms with Crippen LogP contribution in [0.2, 0.25) is 0 Å². The standard InChI is InChI=1S/C15H13Br2NO5S/c1-7(2)23-12(19)6-18-14(21)11(24-15(18)22)5-8-3-9(16)13(20)10(17)4-8/h3-5,7,20H,6H2,1-2H3/b11-5+. The number of imide groups is 1. The molecule has 0 saturated carbocycles. The van der Waals surface area contributed by atoms with E-state index < -0.39 is 23.7 Å². The van der Waals surface area contributed by atoms with Crippen LogP contribution in [0.1, 0.15) is 19.4 Å². The Morgan fingerprint density at radius 1 is 1.33 bits per heavy atom. The highest BCUT2D eigenvalue weighted by Gasteiger charge is 2.36. The third kappa shape index (κ3) is 4.40. The quantitative estimate of drug-likeness (QED) is 0.521. The van der Waals surface area contributed by atoms with Gasteiger partial charge in [-0.2, -0.15) is 0 Å². The molecule has 6 nitrogen and oxygen atoms in total.